The first-order valence-corrected chi connectivity index (χ1v) is 17.8. The van der Waals surface area contributed by atoms with Gasteiger partial charge < -0.3 is 20.3 Å². The second-order valence-corrected chi connectivity index (χ2v) is 12.4. The van der Waals surface area contributed by atoms with E-state index in [-0.39, 0.29) is 42.2 Å². The van der Waals surface area contributed by atoms with Gasteiger partial charge >= 0.3 is 18.6 Å². The second-order valence-electron chi connectivity index (χ2n) is 10.5. The molecule has 1 aliphatic heterocycles. The molecule has 2 heterocycles. The molecule has 296 valence electrons. The Morgan fingerprint density at radius 1 is 0.925 bits per heavy atom. The van der Waals surface area contributed by atoms with Crippen LogP contribution in [0.1, 0.15) is 64.8 Å². The molecule has 1 aromatic heterocycles. The summed E-state index contributed by atoms with van der Waals surface area (Å²) >= 11 is 0. The van der Waals surface area contributed by atoms with E-state index in [0.717, 1.165) is 40.3 Å². The van der Waals surface area contributed by atoms with Crippen LogP contribution in [-0.4, -0.2) is 67.1 Å². The monoisotopic (exact) mass is 785 g/mol. The highest BCUT2D eigenvalue weighted by molar-refractivity contribution is 7.89. The predicted octanol–water partition coefficient (Wildman–Crippen LogP) is 8.41. The van der Waals surface area contributed by atoms with Crippen molar-refractivity contribution in [2.24, 2.45) is 0 Å². The van der Waals surface area contributed by atoms with Crippen LogP contribution in [0, 0.1) is 0 Å². The average Bonchev–Trinajstić information content (AvgIpc) is 3.12. The molecule has 0 radical (unpaired) electrons. The first kappa shape index (κ1) is 46.5. The second kappa shape index (κ2) is 20.6. The fourth-order valence-corrected chi connectivity index (χ4v) is 6.14. The number of urea groups is 1. The highest BCUT2D eigenvalue weighted by Crippen LogP contribution is 2.32. The van der Waals surface area contributed by atoms with E-state index in [0.29, 0.717) is 19.0 Å². The summed E-state index contributed by atoms with van der Waals surface area (Å²) in [7, 11) is -4.10. The first-order chi connectivity index (χ1) is 24.8. The third-order valence-electron chi connectivity index (χ3n) is 7.03. The first-order valence-electron chi connectivity index (χ1n) is 16.4. The number of aromatic nitrogens is 1. The maximum absolute atomic E-state index is 13.2. The molecule has 2 N–H and O–H groups in total. The van der Waals surface area contributed by atoms with E-state index in [9.17, 15) is 53.1 Å². The van der Waals surface area contributed by atoms with Crippen LogP contribution >= 0.6 is 0 Å². The minimum absolute atomic E-state index is 0.0138. The summed E-state index contributed by atoms with van der Waals surface area (Å²) in [6.07, 6.45) is -8.34. The number of alkyl halides is 8. The van der Waals surface area contributed by atoms with E-state index in [1.54, 1.807) is 12.1 Å². The Balaban J connectivity index is 0.000000617. The van der Waals surface area contributed by atoms with Gasteiger partial charge in [0.15, 0.2) is 0 Å². The zero-order valence-electron chi connectivity index (χ0n) is 29.9. The van der Waals surface area contributed by atoms with Gasteiger partial charge in [-0.15, -0.1) is 13.2 Å². The molecule has 1 saturated heterocycles. The summed E-state index contributed by atoms with van der Waals surface area (Å²) in [6.45, 7) is 11.1. The molecule has 4 rings (SSSR count). The molecule has 0 spiro atoms. The lowest BCUT2D eigenvalue weighted by Gasteiger charge is -2.38. The van der Waals surface area contributed by atoms with E-state index >= 15 is 0 Å². The van der Waals surface area contributed by atoms with E-state index in [2.05, 4.69) is 20.4 Å². The normalized spacial score (nSPS) is 14.9. The maximum Gasteiger partial charge on any atom is 0.573 e. The number of hydrogen-bond acceptors (Lipinski definition) is 6. The number of anilines is 1. The maximum atomic E-state index is 13.2. The van der Waals surface area contributed by atoms with Crippen LogP contribution in [0.5, 0.6) is 5.75 Å². The molecule has 0 bridgehead atoms. The van der Waals surface area contributed by atoms with Gasteiger partial charge in [0.2, 0.25) is 16.4 Å². The number of sulfonamides is 1. The number of nitrogens with one attached hydrogen (secondary N) is 2. The van der Waals surface area contributed by atoms with Crippen LogP contribution in [0.2, 0.25) is 0 Å². The number of benzene rings is 2. The standard InChI is InChI=1S/C19H18F6N4O4S.C11H13F2NO.2C2H6/c1-12-11-28(17(30)27-13-6-7-26-16(10-13)18(20,21)22)8-9-29(12)34(31,32)15-4-2-14(3-5-15)33-19(23,24)25;1-2-11(12,13)10-5-3-9(4-6-10)7-14-8-15;2*1-2/h2-7,10,12H,8-9,11H2,1H3,(H,26,27,30);3-6,8H,2,7H2,1H3,(H,14,15);2*1-2H3. The molecule has 1 unspecified atom stereocenters. The molecule has 3 amide bonds. The molecular formula is C34H43F8N5O5S. The fraction of sp³-hybridized carbons (Fsp3) is 0.441. The Bertz CT molecular complexity index is 1670. The molecule has 10 nitrogen and oxygen atoms in total. The van der Waals surface area contributed by atoms with Crippen LogP contribution in [0.25, 0.3) is 0 Å². The zero-order chi connectivity index (χ0) is 40.6. The fourth-order valence-electron chi connectivity index (χ4n) is 4.53. The highest BCUT2D eigenvalue weighted by atomic mass is 32.2. The minimum Gasteiger partial charge on any atom is -0.406 e. The smallest absolute Gasteiger partial charge is 0.406 e. The lowest BCUT2D eigenvalue weighted by Crippen LogP contribution is -2.56. The molecule has 3 aromatic rings. The number of carbonyl (C=O) groups excluding carboxylic acids is 2. The van der Waals surface area contributed by atoms with Crippen LogP contribution in [-0.2, 0) is 33.5 Å². The Morgan fingerprint density at radius 2 is 1.51 bits per heavy atom. The summed E-state index contributed by atoms with van der Waals surface area (Å²) in [5.74, 6) is -3.35. The number of pyridine rings is 1. The summed E-state index contributed by atoms with van der Waals surface area (Å²) < 4.78 is 132. The molecule has 53 heavy (non-hydrogen) atoms. The Labute approximate surface area is 303 Å². The van der Waals surface area contributed by atoms with Gasteiger partial charge in [-0.1, -0.05) is 58.9 Å². The number of amides is 3. The van der Waals surface area contributed by atoms with Crippen molar-refractivity contribution < 1.29 is 57.9 Å². The number of carbonyl (C=O) groups is 2. The topological polar surface area (TPSA) is 121 Å². The van der Waals surface area contributed by atoms with Crippen LogP contribution in [0.3, 0.4) is 0 Å². The largest absolute Gasteiger partial charge is 0.573 e. The van der Waals surface area contributed by atoms with E-state index in [1.807, 2.05) is 27.7 Å². The van der Waals surface area contributed by atoms with Crippen molar-refractivity contribution in [3.05, 3.63) is 83.7 Å². The molecule has 19 heteroatoms. The molecule has 2 aromatic carbocycles. The number of nitrogens with zero attached hydrogens (tertiary/aromatic N) is 3. The number of halogens is 8. The van der Waals surface area contributed by atoms with Crippen molar-refractivity contribution in [2.75, 3.05) is 25.0 Å². The van der Waals surface area contributed by atoms with Crippen molar-refractivity contribution in [2.45, 2.75) is 83.9 Å². The van der Waals surface area contributed by atoms with E-state index < -0.39 is 52.0 Å². The number of ether oxygens (including phenoxy) is 1. The van der Waals surface area contributed by atoms with Gasteiger partial charge in [0.25, 0.3) is 5.92 Å². The minimum atomic E-state index is -4.92. The summed E-state index contributed by atoms with van der Waals surface area (Å²) in [4.78, 5) is 26.7. The van der Waals surface area contributed by atoms with Crippen molar-refractivity contribution in [1.29, 1.82) is 0 Å². The number of hydrogen-bond donors (Lipinski definition) is 2. The average molecular weight is 786 g/mol. The van der Waals surface area contributed by atoms with Gasteiger partial charge in [0, 0.05) is 56.1 Å². The van der Waals surface area contributed by atoms with Gasteiger partial charge in [-0.2, -0.15) is 17.5 Å². The number of rotatable bonds is 9. The lowest BCUT2D eigenvalue weighted by atomic mass is 10.0. The van der Waals surface area contributed by atoms with Crippen LogP contribution in [0.15, 0.2) is 71.8 Å². The van der Waals surface area contributed by atoms with Crippen molar-refractivity contribution in [1.82, 2.24) is 19.5 Å². The molecule has 1 aliphatic rings. The van der Waals surface area contributed by atoms with Gasteiger partial charge in [-0.3, -0.25) is 9.78 Å². The molecule has 1 fully saturated rings. The summed E-state index contributed by atoms with van der Waals surface area (Å²) in [6, 6.07) is 10.1. The van der Waals surface area contributed by atoms with Crippen LogP contribution < -0.4 is 15.4 Å². The highest BCUT2D eigenvalue weighted by Gasteiger charge is 2.37. The van der Waals surface area contributed by atoms with Crippen molar-refractivity contribution in [3.8, 4) is 5.75 Å². The molecule has 0 saturated carbocycles. The lowest BCUT2D eigenvalue weighted by molar-refractivity contribution is -0.274. The molecule has 0 aliphatic carbocycles. The van der Waals surface area contributed by atoms with E-state index in [4.69, 9.17) is 0 Å². The van der Waals surface area contributed by atoms with Gasteiger partial charge in [0.05, 0.1) is 4.90 Å². The quantitative estimate of drug-likeness (QED) is 0.166. The zero-order valence-corrected chi connectivity index (χ0v) is 30.7. The number of piperazine rings is 1. The summed E-state index contributed by atoms with van der Waals surface area (Å²) in [5, 5.41) is 4.80. The Hall–Kier alpha value is -4.52. The van der Waals surface area contributed by atoms with Gasteiger partial charge in [-0.25, -0.2) is 22.0 Å². The Kier molecular flexibility index (Phi) is 18.1. The molecule has 1 atom stereocenters. The predicted molar refractivity (Wildman–Crippen MR) is 183 cm³/mol. The van der Waals surface area contributed by atoms with Gasteiger partial charge in [0.1, 0.15) is 11.4 Å². The van der Waals surface area contributed by atoms with Crippen molar-refractivity contribution >= 4 is 28.2 Å². The third kappa shape index (κ3) is 14.4. The van der Waals surface area contributed by atoms with Crippen LogP contribution in [0.4, 0.5) is 45.6 Å². The van der Waals surface area contributed by atoms with Crippen molar-refractivity contribution in [3.63, 3.8) is 0 Å². The van der Waals surface area contributed by atoms with E-state index in [1.165, 1.54) is 36.9 Å². The third-order valence-corrected chi connectivity index (χ3v) is 9.06. The van der Waals surface area contributed by atoms with Gasteiger partial charge in [-0.05, 0) is 48.9 Å². The SMILES string of the molecule is CC.CC.CC1CN(C(=O)Nc2ccnc(C(F)(F)F)c2)CCN1S(=O)(=O)c1ccc(OC(F)(F)F)cc1.CCC(F)(F)c1ccc(CNC=O)cc1. The molecular weight excluding hydrogens is 742 g/mol. The Morgan fingerprint density at radius 3 is 2.00 bits per heavy atom. The summed E-state index contributed by atoms with van der Waals surface area (Å²) in [5.41, 5.74) is -0.491.